The zero-order valence-corrected chi connectivity index (χ0v) is 12.0. The first kappa shape index (κ1) is 13.1. The van der Waals surface area contributed by atoms with Crippen LogP contribution in [0.4, 0.5) is 11.6 Å². The Morgan fingerprint density at radius 1 is 1.25 bits per heavy atom. The van der Waals surface area contributed by atoms with E-state index in [1.54, 1.807) is 0 Å². The van der Waals surface area contributed by atoms with E-state index in [1.165, 1.54) is 5.56 Å². The summed E-state index contributed by atoms with van der Waals surface area (Å²) in [6, 6.07) is 8.51. The number of nitrogens with zero attached hydrogens (tertiary/aromatic N) is 4. The van der Waals surface area contributed by atoms with Crippen molar-refractivity contribution in [1.29, 1.82) is 0 Å². The summed E-state index contributed by atoms with van der Waals surface area (Å²) < 4.78 is 5.45. The fourth-order valence-electron chi connectivity index (χ4n) is 2.25. The number of ether oxygens (including phenoxy) is 1. The second-order valence-corrected chi connectivity index (χ2v) is 4.90. The molecule has 1 aromatic heterocycles. The first-order chi connectivity index (χ1) is 9.78. The highest BCUT2D eigenvalue weighted by Crippen LogP contribution is 2.32. The van der Waals surface area contributed by atoms with Crippen molar-refractivity contribution < 1.29 is 4.74 Å². The van der Waals surface area contributed by atoms with Crippen LogP contribution in [0.15, 0.2) is 24.3 Å². The van der Waals surface area contributed by atoms with Crippen LogP contribution >= 0.6 is 11.6 Å². The zero-order chi connectivity index (χ0) is 13.9. The standard InChI is InChI=1S/C14H15ClN4O/c1-2-9-20-14-17-12(15)16-13(18-14)19-8-7-10-5-3-4-6-11(10)19/h3-6H,2,7-9H2,1H3. The molecule has 0 amide bonds. The molecule has 0 unspecified atom stereocenters. The maximum atomic E-state index is 5.97. The highest BCUT2D eigenvalue weighted by Gasteiger charge is 2.23. The number of benzene rings is 1. The number of rotatable bonds is 4. The number of fused-ring (bicyclic) bond motifs is 1. The van der Waals surface area contributed by atoms with Gasteiger partial charge in [0, 0.05) is 12.2 Å². The van der Waals surface area contributed by atoms with Gasteiger partial charge in [-0.3, -0.25) is 0 Å². The van der Waals surface area contributed by atoms with Gasteiger partial charge in [-0.05, 0) is 36.1 Å². The highest BCUT2D eigenvalue weighted by molar-refractivity contribution is 6.28. The third-order valence-electron chi connectivity index (χ3n) is 3.14. The van der Waals surface area contributed by atoms with Crippen molar-refractivity contribution in [2.75, 3.05) is 18.1 Å². The Bertz CT molecular complexity index is 620. The number of anilines is 2. The average Bonchev–Trinajstić information content (AvgIpc) is 2.88. The third-order valence-corrected chi connectivity index (χ3v) is 3.31. The summed E-state index contributed by atoms with van der Waals surface area (Å²) >= 11 is 5.97. The lowest BCUT2D eigenvalue weighted by Crippen LogP contribution is -2.17. The zero-order valence-electron chi connectivity index (χ0n) is 11.2. The Morgan fingerprint density at radius 2 is 2.10 bits per heavy atom. The first-order valence-electron chi connectivity index (χ1n) is 6.67. The van der Waals surface area contributed by atoms with Gasteiger partial charge in [0.25, 0.3) is 0 Å². The molecule has 3 rings (SSSR count). The predicted molar refractivity (Wildman–Crippen MR) is 77.8 cm³/mol. The van der Waals surface area contributed by atoms with Gasteiger partial charge in [-0.25, -0.2) is 0 Å². The van der Waals surface area contributed by atoms with E-state index in [-0.39, 0.29) is 11.3 Å². The molecule has 0 bridgehead atoms. The van der Waals surface area contributed by atoms with Gasteiger partial charge in [0.05, 0.1) is 6.61 Å². The number of hydrogen-bond acceptors (Lipinski definition) is 5. The lowest BCUT2D eigenvalue weighted by molar-refractivity contribution is 0.291. The van der Waals surface area contributed by atoms with Crippen LogP contribution in [0.1, 0.15) is 18.9 Å². The summed E-state index contributed by atoms with van der Waals surface area (Å²) in [5, 5.41) is 0.158. The quantitative estimate of drug-likeness (QED) is 0.866. The van der Waals surface area contributed by atoms with Crippen molar-refractivity contribution in [3.05, 3.63) is 35.1 Å². The summed E-state index contributed by atoms with van der Waals surface area (Å²) in [5.41, 5.74) is 2.41. The largest absolute Gasteiger partial charge is 0.463 e. The Labute approximate surface area is 122 Å². The van der Waals surface area contributed by atoms with Crippen molar-refractivity contribution in [1.82, 2.24) is 15.0 Å². The number of aromatic nitrogens is 3. The Morgan fingerprint density at radius 3 is 2.95 bits per heavy atom. The smallest absolute Gasteiger partial charge is 0.322 e. The first-order valence-corrected chi connectivity index (χ1v) is 7.05. The molecule has 0 spiro atoms. The van der Waals surface area contributed by atoms with Crippen LogP contribution in [0.25, 0.3) is 0 Å². The molecule has 1 aliphatic heterocycles. The van der Waals surface area contributed by atoms with Crippen LogP contribution in [0.3, 0.4) is 0 Å². The summed E-state index contributed by atoms with van der Waals surface area (Å²) in [5.74, 6) is 0.543. The van der Waals surface area contributed by atoms with Crippen LogP contribution in [-0.2, 0) is 6.42 Å². The van der Waals surface area contributed by atoms with E-state index in [4.69, 9.17) is 16.3 Å². The fourth-order valence-corrected chi connectivity index (χ4v) is 2.39. The number of hydrogen-bond donors (Lipinski definition) is 0. The van der Waals surface area contributed by atoms with E-state index in [0.717, 1.165) is 25.1 Å². The molecule has 0 N–H and O–H groups in total. The van der Waals surface area contributed by atoms with Gasteiger partial charge in [-0.2, -0.15) is 15.0 Å². The highest BCUT2D eigenvalue weighted by atomic mass is 35.5. The van der Waals surface area contributed by atoms with E-state index in [1.807, 2.05) is 24.0 Å². The minimum absolute atomic E-state index is 0.158. The topological polar surface area (TPSA) is 51.1 Å². The molecule has 0 fully saturated rings. The molecular weight excluding hydrogens is 276 g/mol. The van der Waals surface area contributed by atoms with Crippen LogP contribution in [0, 0.1) is 0 Å². The van der Waals surface area contributed by atoms with Crippen LogP contribution in [0.5, 0.6) is 6.01 Å². The molecule has 0 aliphatic carbocycles. The van der Waals surface area contributed by atoms with Crippen molar-refractivity contribution in [2.45, 2.75) is 19.8 Å². The van der Waals surface area contributed by atoms with Crippen molar-refractivity contribution in [3.8, 4) is 6.01 Å². The fraction of sp³-hybridized carbons (Fsp3) is 0.357. The summed E-state index contributed by atoms with van der Waals surface area (Å²) in [7, 11) is 0. The van der Waals surface area contributed by atoms with Crippen molar-refractivity contribution in [3.63, 3.8) is 0 Å². The number of halogens is 1. The number of para-hydroxylation sites is 1. The van der Waals surface area contributed by atoms with Gasteiger partial charge >= 0.3 is 6.01 Å². The summed E-state index contributed by atoms with van der Waals surface area (Å²) in [6.45, 7) is 3.43. The van der Waals surface area contributed by atoms with Crippen LogP contribution in [-0.4, -0.2) is 28.1 Å². The molecule has 0 saturated heterocycles. The van der Waals surface area contributed by atoms with E-state index >= 15 is 0 Å². The molecule has 0 radical (unpaired) electrons. The van der Waals surface area contributed by atoms with Crippen molar-refractivity contribution >= 4 is 23.2 Å². The van der Waals surface area contributed by atoms with E-state index in [0.29, 0.717) is 12.6 Å². The second-order valence-electron chi connectivity index (χ2n) is 4.57. The molecule has 1 aliphatic rings. The Kier molecular flexibility index (Phi) is 3.69. The third kappa shape index (κ3) is 2.54. The van der Waals surface area contributed by atoms with Crippen LogP contribution in [0.2, 0.25) is 5.28 Å². The molecular formula is C14H15ClN4O. The van der Waals surface area contributed by atoms with Gasteiger partial charge in [-0.1, -0.05) is 25.1 Å². The Balaban J connectivity index is 1.93. The van der Waals surface area contributed by atoms with E-state index in [9.17, 15) is 0 Å². The van der Waals surface area contributed by atoms with Crippen LogP contribution < -0.4 is 9.64 Å². The monoisotopic (exact) mass is 290 g/mol. The van der Waals surface area contributed by atoms with Gasteiger partial charge in [0.15, 0.2) is 0 Å². The maximum Gasteiger partial charge on any atom is 0.322 e. The van der Waals surface area contributed by atoms with Gasteiger partial charge in [0.2, 0.25) is 11.2 Å². The lowest BCUT2D eigenvalue weighted by atomic mass is 10.2. The second kappa shape index (κ2) is 5.63. The molecule has 104 valence electrons. The van der Waals surface area contributed by atoms with Gasteiger partial charge in [-0.15, -0.1) is 0 Å². The predicted octanol–water partition coefficient (Wildman–Crippen LogP) is 3.01. The maximum absolute atomic E-state index is 5.97. The Hall–Kier alpha value is -1.88. The average molecular weight is 291 g/mol. The normalized spacial score (nSPS) is 13.4. The van der Waals surface area contributed by atoms with Gasteiger partial charge < -0.3 is 9.64 Å². The van der Waals surface area contributed by atoms with E-state index < -0.39 is 0 Å². The summed E-state index contributed by atoms with van der Waals surface area (Å²) in [6.07, 6.45) is 1.87. The molecule has 2 aromatic rings. The van der Waals surface area contributed by atoms with Gasteiger partial charge in [0.1, 0.15) is 0 Å². The molecule has 20 heavy (non-hydrogen) atoms. The van der Waals surface area contributed by atoms with Crippen molar-refractivity contribution in [2.24, 2.45) is 0 Å². The van der Waals surface area contributed by atoms with E-state index in [2.05, 4.69) is 27.1 Å². The molecule has 2 heterocycles. The molecule has 5 nitrogen and oxygen atoms in total. The molecule has 1 aromatic carbocycles. The summed E-state index contributed by atoms with van der Waals surface area (Å²) in [4.78, 5) is 14.6. The molecule has 0 saturated carbocycles. The lowest BCUT2D eigenvalue weighted by Gasteiger charge is -2.17. The SMILES string of the molecule is CCCOc1nc(Cl)nc(N2CCc3ccccc32)n1. The minimum Gasteiger partial charge on any atom is -0.463 e. The molecule has 0 atom stereocenters. The molecule has 6 heteroatoms. The minimum atomic E-state index is 0.158.